The number of hydrogen-bond acceptors (Lipinski definition) is 9. The fraction of sp³-hybridized carbons (Fsp3) is 0.318. The van der Waals surface area contributed by atoms with Crippen molar-refractivity contribution in [2.75, 3.05) is 31.1 Å². The predicted octanol–water partition coefficient (Wildman–Crippen LogP) is 4.50. The molecule has 0 saturated carbocycles. The highest BCUT2D eigenvalue weighted by Gasteiger charge is 2.38. The molecule has 0 aromatic carbocycles. The van der Waals surface area contributed by atoms with Crippen LogP contribution in [-0.4, -0.2) is 84.9 Å². The minimum absolute atomic E-state index is 0.932. The molecular weight excluding hydrogens is 590 g/mol. The second kappa shape index (κ2) is 13.1. The number of alkyl halides is 6. The summed E-state index contributed by atoms with van der Waals surface area (Å²) in [6.07, 6.45) is -2.47. The summed E-state index contributed by atoms with van der Waals surface area (Å²) in [5, 5.41) is 21.7. The Morgan fingerprint density at radius 1 is 0.900 bits per heavy atom. The lowest BCUT2D eigenvalue weighted by Crippen LogP contribution is -2.46. The number of thiazole rings is 1. The van der Waals surface area contributed by atoms with Crippen molar-refractivity contribution in [3.63, 3.8) is 0 Å². The number of thiophene rings is 1. The van der Waals surface area contributed by atoms with Gasteiger partial charge in [-0.25, -0.2) is 24.5 Å². The van der Waals surface area contributed by atoms with E-state index in [9.17, 15) is 26.3 Å². The summed E-state index contributed by atoms with van der Waals surface area (Å²) in [7, 11) is 0. The van der Waals surface area contributed by atoms with E-state index in [0.29, 0.717) is 0 Å². The van der Waals surface area contributed by atoms with Crippen molar-refractivity contribution in [2.24, 2.45) is 0 Å². The quantitative estimate of drug-likeness (QED) is 0.322. The van der Waals surface area contributed by atoms with E-state index in [4.69, 9.17) is 19.8 Å². The van der Waals surface area contributed by atoms with Crippen molar-refractivity contribution in [1.82, 2.24) is 24.3 Å². The zero-order chi connectivity index (χ0) is 29.5. The molecule has 5 heterocycles. The van der Waals surface area contributed by atoms with Gasteiger partial charge < -0.3 is 15.1 Å². The van der Waals surface area contributed by atoms with Crippen molar-refractivity contribution in [1.29, 1.82) is 0 Å². The summed E-state index contributed by atoms with van der Waals surface area (Å²) in [6, 6.07) is 2.13. The monoisotopic (exact) mass is 610 g/mol. The molecule has 2 N–H and O–H groups in total. The van der Waals surface area contributed by atoms with Gasteiger partial charge in [-0.1, -0.05) is 0 Å². The molecule has 4 aromatic heterocycles. The second-order valence-electron chi connectivity index (χ2n) is 7.89. The number of imidazole rings is 1. The molecule has 0 bridgehead atoms. The van der Waals surface area contributed by atoms with Crippen LogP contribution in [0.1, 0.15) is 5.01 Å². The molecule has 4 aromatic rings. The van der Waals surface area contributed by atoms with Crippen LogP contribution in [0.4, 0.5) is 32.2 Å². The van der Waals surface area contributed by atoms with Gasteiger partial charge in [-0.05, 0) is 11.4 Å². The fourth-order valence-corrected chi connectivity index (χ4v) is 4.70. The maximum atomic E-state index is 10.6. The molecule has 1 fully saturated rings. The lowest BCUT2D eigenvalue weighted by Gasteiger charge is -2.34. The van der Waals surface area contributed by atoms with Gasteiger partial charge in [0.15, 0.2) is 11.5 Å². The van der Waals surface area contributed by atoms with E-state index in [1.807, 2.05) is 30.2 Å². The van der Waals surface area contributed by atoms with Gasteiger partial charge in [-0.2, -0.15) is 37.7 Å². The SMILES string of the molecule is O=C(O)C(F)(F)F.O=C(O)C(F)(F)F.c1csc(CN2CCN(c3nccn4c(-c5ccsc5)cnc34)CC2)n1. The largest absolute Gasteiger partial charge is 0.490 e. The number of nitrogens with zero attached hydrogens (tertiary/aromatic N) is 6. The van der Waals surface area contributed by atoms with Crippen LogP contribution >= 0.6 is 22.7 Å². The van der Waals surface area contributed by atoms with E-state index in [-0.39, 0.29) is 0 Å². The average Bonchev–Trinajstić information content (AvgIpc) is 3.66. The summed E-state index contributed by atoms with van der Waals surface area (Å²) >= 11 is 3.43. The van der Waals surface area contributed by atoms with Crippen LogP contribution in [-0.2, 0) is 16.1 Å². The van der Waals surface area contributed by atoms with Gasteiger partial charge in [-0.3, -0.25) is 9.30 Å². The van der Waals surface area contributed by atoms with Gasteiger partial charge in [-0.15, -0.1) is 11.3 Å². The Bertz CT molecular complexity index is 1360. The number of anilines is 1. The molecule has 10 nitrogen and oxygen atoms in total. The smallest absolute Gasteiger partial charge is 0.475 e. The topological polar surface area (TPSA) is 124 Å². The van der Waals surface area contributed by atoms with Crippen molar-refractivity contribution in [3.05, 3.63) is 52.0 Å². The van der Waals surface area contributed by atoms with E-state index in [2.05, 4.69) is 46.0 Å². The lowest BCUT2D eigenvalue weighted by atomic mass is 10.2. The third kappa shape index (κ3) is 8.36. The molecule has 0 unspecified atom stereocenters. The Labute approximate surface area is 229 Å². The molecule has 0 amide bonds. The molecule has 0 radical (unpaired) electrons. The zero-order valence-electron chi connectivity index (χ0n) is 20.1. The lowest BCUT2D eigenvalue weighted by molar-refractivity contribution is -0.193. The van der Waals surface area contributed by atoms with Gasteiger partial charge in [0.25, 0.3) is 0 Å². The minimum Gasteiger partial charge on any atom is -0.475 e. The first-order valence-electron chi connectivity index (χ1n) is 11.1. The molecule has 0 atom stereocenters. The van der Waals surface area contributed by atoms with Crippen LogP contribution in [0.25, 0.3) is 16.9 Å². The van der Waals surface area contributed by atoms with Crippen LogP contribution in [0.3, 0.4) is 0 Å². The Balaban J connectivity index is 0.000000263. The number of fused-ring (bicyclic) bond motifs is 1. The van der Waals surface area contributed by atoms with Gasteiger partial charge in [0.1, 0.15) is 5.01 Å². The van der Waals surface area contributed by atoms with E-state index < -0.39 is 24.3 Å². The van der Waals surface area contributed by atoms with Crippen LogP contribution in [0.2, 0.25) is 0 Å². The van der Waals surface area contributed by atoms with E-state index in [1.54, 1.807) is 22.7 Å². The molecule has 1 aliphatic rings. The number of hydrogen-bond donors (Lipinski definition) is 2. The average molecular weight is 611 g/mol. The number of aromatic nitrogens is 4. The van der Waals surface area contributed by atoms with Gasteiger partial charge >= 0.3 is 24.3 Å². The number of rotatable bonds is 4. The third-order valence-electron chi connectivity index (χ3n) is 5.23. The van der Waals surface area contributed by atoms with E-state index in [0.717, 1.165) is 49.9 Å². The molecule has 0 aliphatic carbocycles. The summed E-state index contributed by atoms with van der Waals surface area (Å²) in [5.41, 5.74) is 3.25. The van der Waals surface area contributed by atoms with Crippen LogP contribution < -0.4 is 4.90 Å². The van der Waals surface area contributed by atoms with Gasteiger partial charge in [0.05, 0.1) is 18.4 Å². The predicted molar refractivity (Wildman–Crippen MR) is 133 cm³/mol. The van der Waals surface area contributed by atoms with Crippen molar-refractivity contribution in [2.45, 2.75) is 18.9 Å². The van der Waals surface area contributed by atoms with E-state index in [1.165, 1.54) is 10.6 Å². The maximum Gasteiger partial charge on any atom is 0.490 e. The Kier molecular flexibility index (Phi) is 10.0. The highest BCUT2D eigenvalue weighted by molar-refractivity contribution is 7.09. The summed E-state index contributed by atoms with van der Waals surface area (Å²) < 4.78 is 65.6. The first-order valence-corrected chi connectivity index (χ1v) is 12.9. The number of piperazine rings is 1. The Morgan fingerprint density at radius 2 is 1.52 bits per heavy atom. The van der Waals surface area contributed by atoms with Gasteiger partial charge in [0.2, 0.25) is 0 Å². The first-order chi connectivity index (χ1) is 18.8. The number of carboxylic acid groups (broad SMARTS) is 2. The fourth-order valence-electron chi connectivity index (χ4n) is 3.39. The first kappa shape index (κ1) is 30.8. The number of carbonyl (C=O) groups is 2. The van der Waals surface area contributed by atoms with Crippen molar-refractivity contribution < 1.29 is 46.1 Å². The minimum atomic E-state index is -5.08. The standard InChI is InChI=1S/C18H18N6S2.2C2HF3O2/c1-9-25-13-14(1)15-11-21-18-17(20-2-4-24(15)18)23-7-5-22(6-8-23)12-16-19-3-10-26-16;2*3-2(4,5)1(6)7/h1-4,9-11,13H,5-8,12H2;2*(H,6,7). The molecule has 0 spiro atoms. The molecular formula is C22H20F6N6O4S2. The van der Waals surface area contributed by atoms with Crippen LogP contribution in [0.15, 0.2) is 47.0 Å². The molecule has 1 aliphatic heterocycles. The third-order valence-corrected chi connectivity index (χ3v) is 6.67. The summed E-state index contributed by atoms with van der Waals surface area (Å²) in [4.78, 5) is 36.3. The number of aliphatic carboxylic acids is 2. The van der Waals surface area contributed by atoms with Crippen LogP contribution in [0.5, 0.6) is 0 Å². The van der Waals surface area contributed by atoms with Crippen LogP contribution in [0, 0.1) is 0 Å². The Hall–Kier alpha value is -3.77. The van der Waals surface area contributed by atoms with Gasteiger partial charge in [0, 0.05) is 61.1 Å². The van der Waals surface area contributed by atoms with Crippen molar-refractivity contribution in [3.8, 4) is 11.3 Å². The number of carboxylic acids is 2. The molecule has 5 rings (SSSR count). The van der Waals surface area contributed by atoms with E-state index >= 15 is 0 Å². The molecule has 18 heteroatoms. The molecule has 40 heavy (non-hydrogen) atoms. The normalized spacial score (nSPS) is 14.2. The highest BCUT2D eigenvalue weighted by atomic mass is 32.1. The molecule has 1 saturated heterocycles. The highest BCUT2D eigenvalue weighted by Crippen LogP contribution is 2.27. The number of halogens is 6. The maximum absolute atomic E-state index is 10.6. The van der Waals surface area contributed by atoms with Crippen molar-refractivity contribution >= 4 is 46.1 Å². The molecule has 216 valence electrons. The second-order valence-corrected chi connectivity index (χ2v) is 9.65. The Morgan fingerprint density at radius 3 is 2.02 bits per heavy atom. The summed E-state index contributed by atoms with van der Waals surface area (Å²) in [6.45, 7) is 4.88. The zero-order valence-corrected chi connectivity index (χ0v) is 21.8. The summed E-state index contributed by atoms with van der Waals surface area (Å²) in [5.74, 6) is -4.54.